The van der Waals surface area contributed by atoms with Gasteiger partial charge in [0.1, 0.15) is 5.76 Å². The first-order chi connectivity index (χ1) is 12.0. The van der Waals surface area contributed by atoms with Crippen LogP contribution in [0.5, 0.6) is 0 Å². The number of carboxylic acid groups (broad SMARTS) is 1. The van der Waals surface area contributed by atoms with Crippen LogP contribution in [0, 0.1) is 13.8 Å². The molecule has 0 aliphatic rings. The summed E-state index contributed by atoms with van der Waals surface area (Å²) in [6.45, 7) is 5.40. The zero-order chi connectivity index (χ0) is 19.6. The van der Waals surface area contributed by atoms with Crippen LogP contribution in [-0.2, 0) is 14.6 Å². The molecule has 0 spiro atoms. The summed E-state index contributed by atoms with van der Waals surface area (Å²) in [5.74, 6) is -1.19. The number of carboxylic acids is 1. The van der Waals surface area contributed by atoms with Crippen LogP contribution in [0.1, 0.15) is 46.6 Å². The first-order valence-corrected chi connectivity index (χ1v) is 9.69. The van der Waals surface area contributed by atoms with Crippen molar-refractivity contribution >= 4 is 27.4 Å². The molecule has 0 fully saturated rings. The highest BCUT2D eigenvalue weighted by Gasteiger charge is 2.20. The summed E-state index contributed by atoms with van der Waals surface area (Å²) in [6.07, 6.45) is 1.08. The van der Waals surface area contributed by atoms with Crippen molar-refractivity contribution in [3.63, 3.8) is 0 Å². The average Bonchev–Trinajstić information content (AvgIpc) is 2.84. The van der Waals surface area contributed by atoms with Crippen molar-refractivity contribution in [2.75, 3.05) is 11.6 Å². The van der Waals surface area contributed by atoms with Gasteiger partial charge in [0.25, 0.3) is 0 Å². The lowest BCUT2D eigenvalue weighted by Gasteiger charge is -2.12. The minimum Gasteiger partial charge on any atom is -0.478 e. The SMILES string of the molecule is Cc1noc(C)c1C(C)CC(=O)Nc1cc(C(=O)O)cc(S(C)(=O)=O)c1. The van der Waals surface area contributed by atoms with Crippen molar-refractivity contribution in [1.29, 1.82) is 0 Å². The fourth-order valence-corrected chi connectivity index (χ4v) is 3.48. The number of hydrogen-bond donors (Lipinski definition) is 2. The lowest BCUT2D eigenvalue weighted by Crippen LogP contribution is -2.16. The van der Waals surface area contributed by atoms with E-state index >= 15 is 0 Å². The smallest absolute Gasteiger partial charge is 0.335 e. The number of aryl methyl sites for hydroxylation is 2. The monoisotopic (exact) mass is 380 g/mol. The summed E-state index contributed by atoms with van der Waals surface area (Å²) in [4.78, 5) is 23.4. The summed E-state index contributed by atoms with van der Waals surface area (Å²) >= 11 is 0. The molecule has 0 aliphatic heterocycles. The minimum absolute atomic E-state index is 0.106. The third-order valence-corrected chi connectivity index (χ3v) is 5.03. The number of amides is 1. The molecule has 26 heavy (non-hydrogen) atoms. The molecule has 1 amide bonds. The summed E-state index contributed by atoms with van der Waals surface area (Å²) in [5, 5.41) is 15.6. The van der Waals surface area contributed by atoms with Gasteiger partial charge >= 0.3 is 5.97 Å². The highest BCUT2D eigenvalue weighted by molar-refractivity contribution is 7.90. The topological polar surface area (TPSA) is 127 Å². The van der Waals surface area contributed by atoms with Gasteiger partial charge < -0.3 is 14.9 Å². The van der Waals surface area contributed by atoms with Crippen molar-refractivity contribution in [2.45, 2.75) is 38.0 Å². The number of rotatable bonds is 6. The van der Waals surface area contributed by atoms with Crippen LogP contribution in [0.3, 0.4) is 0 Å². The predicted octanol–water partition coefficient (Wildman–Crippen LogP) is 2.53. The third-order valence-electron chi connectivity index (χ3n) is 3.94. The van der Waals surface area contributed by atoms with Gasteiger partial charge in [-0.2, -0.15) is 0 Å². The second kappa shape index (κ2) is 7.28. The number of nitrogens with one attached hydrogen (secondary N) is 1. The number of anilines is 1. The van der Waals surface area contributed by atoms with Crippen LogP contribution in [0.2, 0.25) is 0 Å². The number of carbonyl (C=O) groups excluding carboxylic acids is 1. The zero-order valence-corrected chi connectivity index (χ0v) is 15.7. The zero-order valence-electron chi connectivity index (χ0n) is 14.9. The number of hydrogen-bond acceptors (Lipinski definition) is 6. The van der Waals surface area contributed by atoms with E-state index in [0.717, 1.165) is 17.9 Å². The van der Waals surface area contributed by atoms with E-state index in [1.807, 2.05) is 6.92 Å². The van der Waals surface area contributed by atoms with E-state index in [-0.39, 0.29) is 34.4 Å². The van der Waals surface area contributed by atoms with E-state index in [1.54, 1.807) is 13.8 Å². The van der Waals surface area contributed by atoms with Gasteiger partial charge in [-0.15, -0.1) is 0 Å². The Morgan fingerprint density at radius 2 is 1.92 bits per heavy atom. The third kappa shape index (κ3) is 4.48. The van der Waals surface area contributed by atoms with E-state index in [4.69, 9.17) is 9.63 Å². The lowest BCUT2D eigenvalue weighted by molar-refractivity contribution is -0.116. The number of sulfone groups is 1. The Hall–Kier alpha value is -2.68. The van der Waals surface area contributed by atoms with Gasteiger partial charge in [-0.1, -0.05) is 12.1 Å². The number of aromatic nitrogens is 1. The Morgan fingerprint density at radius 1 is 1.27 bits per heavy atom. The largest absolute Gasteiger partial charge is 0.478 e. The van der Waals surface area contributed by atoms with E-state index in [1.165, 1.54) is 12.1 Å². The Bertz CT molecular complexity index is 942. The van der Waals surface area contributed by atoms with Crippen LogP contribution in [-0.4, -0.2) is 36.8 Å². The van der Waals surface area contributed by atoms with Gasteiger partial charge in [0.05, 0.1) is 16.2 Å². The molecule has 1 aromatic heterocycles. The lowest BCUT2D eigenvalue weighted by atomic mass is 9.96. The summed E-state index contributed by atoms with van der Waals surface area (Å²) in [7, 11) is -3.62. The Morgan fingerprint density at radius 3 is 2.42 bits per heavy atom. The van der Waals surface area contributed by atoms with E-state index in [0.29, 0.717) is 11.5 Å². The molecule has 0 saturated carbocycles. The van der Waals surface area contributed by atoms with Crippen molar-refractivity contribution in [2.24, 2.45) is 0 Å². The Labute approximate surface area is 151 Å². The molecule has 2 aromatic rings. The molecule has 140 valence electrons. The molecule has 1 heterocycles. The number of aromatic carboxylic acids is 1. The molecular formula is C17H20N2O6S. The van der Waals surface area contributed by atoms with Crippen LogP contribution < -0.4 is 5.32 Å². The Balaban J connectivity index is 2.23. The van der Waals surface area contributed by atoms with Crippen LogP contribution >= 0.6 is 0 Å². The molecule has 0 aliphatic carbocycles. The highest BCUT2D eigenvalue weighted by atomic mass is 32.2. The van der Waals surface area contributed by atoms with E-state index < -0.39 is 15.8 Å². The van der Waals surface area contributed by atoms with Gasteiger partial charge in [0.2, 0.25) is 5.91 Å². The molecule has 1 aromatic carbocycles. The number of benzene rings is 1. The maximum absolute atomic E-state index is 12.3. The van der Waals surface area contributed by atoms with E-state index in [2.05, 4.69) is 10.5 Å². The minimum atomic E-state index is -3.62. The fourth-order valence-electron chi connectivity index (χ4n) is 2.79. The highest BCUT2D eigenvalue weighted by Crippen LogP contribution is 2.26. The van der Waals surface area contributed by atoms with Crippen LogP contribution in [0.4, 0.5) is 5.69 Å². The molecule has 0 radical (unpaired) electrons. The van der Waals surface area contributed by atoms with Gasteiger partial charge in [-0.3, -0.25) is 4.79 Å². The fraction of sp³-hybridized carbons (Fsp3) is 0.353. The second-order valence-corrected chi connectivity index (χ2v) is 8.23. The molecule has 0 saturated heterocycles. The van der Waals surface area contributed by atoms with Gasteiger partial charge in [-0.05, 0) is 38.0 Å². The number of carbonyl (C=O) groups is 2. The van der Waals surface area contributed by atoms with Crippen molar-refractivity contribution < 1.29 is 27.6 Å². The summed E-state index contributed by atoms with van der Waals surface area (Å²) in [6, 6.07) is 3.51. The molecule has 1 unspecified atom stereocenters. The van der Waals surface area contributed by atoms with Gasteiger partial charge in [-0.25, -0.2) is 13.2 Å². The summed E-state index contributed by atoms with van der Waals surface area (Å²) in [5.41, 5.74) is 1.44. The quantitative estimate of drug-likeness (QED) is 0.788. The second-order valence-electron chi connectivity index (χ2n) is 6.21. The normalized spacial score (nSPS) is 12.6. The van der Waals surface area contributed by atoms with Crippen LogP contribution in [0.15, 0.2) is 27.6 Å². The van der Waals surface area contributed by atoms with Crippen LogP contribution in [0.25, 0.3) is 0 Å². The Kier molecular flexibility index (Phi) is 5.50. The van der Waals surface area contributed by atoms with Crippen molar-refractivity contribution in [3.8, 4) is 0 Å². The maximum Gasteiger partial charge on any atom is 0.335 e. The summed E-state index contributed by atoms with van der Waals surface area (Å²) < 4.78 is 28.6. The predicted molar refractivity (Wildman–Crippen MR) is 94.1 cm³/mol. The molecule has 9 heteroatoms. The molecule has 2 rings (SSSR count). The molecular weight excluding hydrogens is 360 g/mol. The van der Waals surface area contributed by atoms with Crippen molar-refractivity contribution in [1.82, 2.24) is 5.16 Å². The average molecular weight is 380 g/mol. The first kappa shape index (κ1) is 19.6. The molecule has 2 N–H and O–H groups in total. The molecule has 1 atom stereocenters. The molecule has 8 nitrogen and oxygen atoms in total. The maximum atomic E-state index is 12.3. The molecule has 0 bridgehead atoms. The van der Waals surface area contributed by atoms with Gasteiger partial charge in [0.15, 0.2) is 9.84 Å². The number of nitrogens with zero attached hydrogens (tertiary/aromatic N) is 1. The van der Waals surface area contributed by atoms with Gasteiger partial charge in [0, 0.05) is 23.9 Å². The van der Waals surface area contributed by atoms with E-state index in [9.17, 15) is 18.0 Å². The standard InChI is InChI=1S/C17H20N2O6S/c1-9(16-10(2)19-25-11(16)3)5-15(20)18-13-6-12(17(21)22)7-14(8-13)26(4,23)24/h6-9H,5H2,1-4H3,(H,18,20)(H,21,22). The van der Waals surface area contributed by atoms with Crippen molar-refractivity contribution in [3.05, 3.63) is 40.8 Å². The first-order valence-electron chi connectivity index (χ1n) is 7.80.